The fourth-order valence-electron chi connectivity index (χ4n) is 4.62. The zero-order valence-electron chi connectivity index (χ0n) is 17.2. The fourth-order valence-corrected chi connectivity index (χ4v) is 4.62. The average molecular weight is 382 g/mol. The number of nitrogens with one attached hydrogen (secondary N) is 1. The number of pyridine rings is 1. The molecular formula is C22H31N5O. The second-order valence-corrected chi connectivity index (χ2v) is 7.90. The fraction of sp³-hybridized carbons (Fsp3) is 0.545. The van der Waals surface area contributed by atoms with E-state index in [9.17, 15) is 0 Å². The number of aryl methyl sites for hydroxylation is 1. The Morgan fingerprint density at radius 1 is 1.25 bits per heavy atom. The van der Waals surface area contributed by atoms with E-state index in [0.29, 0.717) is 12.0 Å². The second kappa shape index (κ2) is 8.45. The molecule has 6 heteroatoms. The van der Waals surface area contributed by atoms with Gasteiger partial charge in [-0.1, -0.05) is 6.92 Å². The third-order valence-corrected chi connectivity index (χ3v) is 6.24. The van der Waals surface area contributed by atoms with Crippen molar-refractivity contribution in [1.29, 1.82) is 0 Å². The number of ether oxygens (including phenoxy) is 1. The van der Waals surface area contributed by atoms with E-state index in [-0.39, 0.29) is 0 Å². The summed E-state index contributed by atoms with van der Waals surface area (Å²) in [4.78, 5) is 10.6. The van der Waals surface area contributed by atoms with Gasteiger partial charge in [0.1, 0.15) is 5.65 Å². The van der Waals surface area contributed by atoms with Gasteiger partial charge in [0.2, 0.25) is 0 Å². The molecular weight excluding hydrogens is 350 g/mol. The molecule has 6 nitrogen and oxygen atoms in total. The minimum Gasteiger partial charge on any atom is -0.383 e. The molecule has 0 saturated heterocycles. The maximum atomic E-state index is 5.28. The number of hydrogen-bond acceptors (Lipinski definition) is 4. The van der Waals surface area contributed by atoms with Gasteiger partial charge in [0.25, 0.3) is 0 Å². The molecule has 0 aliphatic heterocycles. The lowest BCUT2D eigenvalue weighted by Gasteiger charge is -2.36. The molecule has 4 rings (SSSR count). The van der Waals surface area contributed by atoms with Crippen molar-refractivity contribution in [2.45, 2.75) is 44.6 Å². The van der Waals surface area contributed by atoms with Gasteiger partial charge in [-0.15, -0.1) is 0 Å². The number of aromatic nitrogens is 4. The van der Waals surface area contributed by atoms with Gasteiger partial charge in [-0.2, -0.15) is 5.10 Å². The molecule has 28 heavy (non-hydrogen) atoms. The van der Waals surface area contributed by atoms with E-state index < -0.39 is 0 Å². The van der Waals surface area contributed by atoms with Crippen molar-refractivity contribution in [2.75, 3.05) is 26.8 Å². The van der Waals surface area contributed by atoms with Gasteiger partial charge >= 0.3 is 0 Å². The minimum absolute atomic E-state index is 0.603. The van der Waals surface area contributed by atoms with Crippen molar-refractivity contribution in [3.05, 3.63) is 36.4 Å². The number of likely N-dealkylation sites (N-methyl/N-ethyl adjacent to an activating group) is 1. The van der Waals surface area contributed by atoms with E-state index in [1.165, 1.54) is 42.2 Å². The highest BCUT2D eigenvalue weighted by molar-refractivity contribution is 5.93. The van der Waals surface area contributed by atoms with Crippen LogP contribution in [0, 0.1) is 0 Å². The zero-order valence-corrected chi connectivity index (χ0v) is 17.2. The van der Waals surface area contributed by atoms with Gasteiger partial charge in [0.15, 0.2) is 0 Å². The molecule has 0 aromatic carbocycles. The lowest BCUT2D eigenvalue weighted by Crippen LogP contribution is -2.39. The van der Waals surface area contributed by atoms with Gasteiger partial charge in [0, 0.05) is 61.8 Å². The lowest BCUT2D eigenvalue weighted by atomic mass is 9.81. The summed E-state index contributed by atoms with van der Waals surface area (Å²) in [6.45, 7) is 5.21. The number of aromatic amines is 1. The molecule has 1 N–H and O–H groups in total. The van der Waals surface area contributed by atoms with E-state index in [1.807, 2.05) is 24.1 Å². The third kappa shape index (κ3) is 3.84. The maximum absolute atomic E-state index is 5.28. The molecule has 1 saturated carbocycles. The van der Waals surface area contributed by atoms with Gasteiger partial charge in [-0.25, -0.2) is 4.98 Å². The largest absolute Gasteiger partial charge is 0.383 e. The van der Waals surface area contributed by atoms with E-state index in [0.717, 1.165) is 30.9 Å². The Balaban J connectivity index is 1.49. The first-order chi connectivity index (χ1) is 13.7. The van der Waals surface area contributed by atoms with Crippen LogP contribution in [0.1, 0.15) is 44.1 Å². The third-order valence-electron chi connectivity index (χ3n) is 6.24. The highest BCUT2D eigenvalue weighted by Gasteiger charge is 2.26. The molecule has 3 heterocycles. The van der Waals surface area contributed by atoms with Crippen molar-refractivity contribution in [3.8, 4) is 11.1 Å². The smallest absolute Gasteiger partial charge is 0.137 e. The first-order valence-electron chi connectivity index (χ1n) is 10.4. The minimum atomic E-state index is 0.603. The molecule has 1 aliphatic rings. The van der Waals surface area contributed by atoms with Gasteiger partial charge in [0.05, 0.1) is 12.8 Å². The highest BCUT2D eigenvalue weighted by Crippen LogP contribution is 2.37. The lowest BCUT2D eigenvalue weighted by molar-refractivity contribution is 0.103. The SMILES string of the molecule is CCN(CCOC)[C@H]1CC[C@H](c2cnc3[nH]cc(-c4cnn(C)c4)c3c2)CC1. The number of nitrogens with zero attached hydrogens (tertiary/aromatic N) is 4. The summed E-state index contributed by atoms with van der Waals surface area (Å²) in [5.74, 6) is 0.603. The summed E-state index contributed by atoms with van der Waals surface area (Å²) >= 11 is 0. The van der Waals surface area contributed by atoms with E-state index in [4.69, 9.17) is 9.72 Å². The Hall–Kier alpha value is -2.18. The van der Waals surface area contributed by atoms with Crippen LogP contribution < -0.4 is 0 Å². The van der Waals surface area contributed by atoms with Gasteiger partial charge in [-0.3, -0.25) is 9.58 Å². The Kier molecular flexibility index (Phi) is 5.78. The average Bonchev–Trinajstić information content (AvgIpc) is 3.34. The molecule has 0 atom stereocenters. The summed E-state index contributed by atoms with van der Waals surface area (Å²) in [5, 5.41) is 5.51. The molecule has 0 amide bonds. The predicted molar refractivity (Wildman–Crippen MR) is 112 cm³/mol. The summed E-state index contributed by atoms with van der Waals surface area (Å²) in [6, 6.07) is 3.03. The normalized spacial score (nSPS) is 20.3. The number of fused-ring (bicyclic) bond motifs is 1. The van der Waals surface area contributed by atoms with E-state index >= 15 is 0 Å². The molecule has 3 aromatic rings. The molecule has 0 bridgehead atoms. The van der Waals surface area contributed by atoms with Crippen LogP contribution in [0.3, 0.4) is 0 Å². The van der Waals surface area contributed by atoms with Crippen LogP contribution >= 0.6 is 0 Å². The van der Waals surface area contributed by atoms with Crippen molar-refractivity contribution in [2.24, 2.45) is 7.05 Å². The van der Waals surface area contributed by atoms with E-state index in [2.05, 4.69) is 40.4 Å². The molecule has 0 radical (unpaired) electrons. The molecule has 0 spiro atoms. The van der Waals surface area contributed by atoms with Crippen LogP contribution in [0.25, 0.3) is 22.2 Å². The van der Waals surface area contributed by atoms with E-state index in [1.54, 1.807) is 7.11 Å². The second-order valence-electron chi connectivity index (χ2n) is 7.90. The monoisotopic (exact) mass is 381 g/mol. The summed E-state index contributed by atoms with van der Waals surface area (Å²) in [5.41, 5.74) is 4.64. The van der Waals surface area contributed by atoms with Crippen LogP contribution in [0.4, 0.5) is 0 Å². The number of rotatable bonds is 7. The van der Waals surface area contributed by atoms with Crippen molar-refractivity contribution in [3.63, 3.8) is 0 Å². The highest BCUT2D eigenvalue weighted by atomic mass is 16.5. The maximum Gasteiger partial charge on any atom is 0.137 e. The van der Waals surface area contributed by atoms with Gasteiger partial charge in [-0.05, 0) is 49.8 Å². The molecule has 0 unspecified atom stereocenters. The molecule has 1 aliphatic carbocycles. The topological polar surface area (TPSA) is 59.0 Å². The summed E-state index contributed by atoms with van der Waals surface area (Å²) in [7, 11) is 3.74. The Morgan fingerprint density at radius 2 is 2.07 bits per heavy atom. The first kappa shape index (κ1) is 19.2. The Labute approximate surface area is 166 Å². The molecule has 3 aromatic heterocycles. The van der Waals surface area contributed by atoms with Crippen molar-refractivity contribution in [1.82, 2.24) is 24.6 Å². The molecule has 150 valence electrons. The summed E-state index contributed by atoms with van der Waals surface area (Å²) < 4.78 is 7.12. The number of methoxy groups -OCH3 is 1. The quantitative estimate of drug-likeness (QED) is 0.673. The zero-order chi connectivity index (χ0) is 19.5. The van der Waals surface area contributed by atoms with Crippen molar-refractivity contribution < 1.29 is 4.74 Å². The van der Waals surface area contributed by atoms with Gasteiger partial charge < -0.3 is 9.72 Å². The van der Waals surface area contributed by atoms with Crippen LogP contribution in [0.2, 0.25) is 0 Å². The first-order valence-corrected chi connectivity index (χ1v) is 10.4. The Bertz CT molecular complexity index is 907. The van der Waals surface area contributed by atoms with Crippen LogP contribution in [-0.2, 0) is 11.8 Å². The predicted octanol–water partition coefficient (Wildman–Crippen LogP) is 3.96. The summed E-state index contributed by atoms with van der Waals surface area (Å²) in [6.07, 6.45) is 13.1. The van der Waals surface area contributed by atoms with Crippen molar-refractivity contribution >= 4 is 11.0 Å². The van der Waals surface area contributed by atoms with Crippen LogP contribution in [-0.4, -0.2) is 57.5 Å². The Morgan fingerprint density at radius 3 is 2.75 bits per heavy atom. The standard InChI is InChI=1S/C22H31N5O/c1-4-27(9-10-28-3)19-7-5-16(6-8-19)17-11-20-21(14-24-22(20)23-12-17)18-13-25-26(2)15-18/h11-16,19H,4-10H2,1-3H3,(H,23,24)/t16-,19-. The van der Waals surface area contributed by atoms with Crippen LogP contribution in [0.15, 0.2) is 30.9 Å². The number of H-pyrrole nitrogens is 1. The number of hydrogen-bond donors (Lipinski definition) is 1. The van der Waals surface area contributed by atoms with Crippen LogP contribution in [0.5, 0.6) is 0 Å². The molecule has 1 fully saturated rings.